The van der Waals surface area contributed by atoms with Crippen molar-refractivity contribution in [3.05, 3.63) is 29.0 Å². The maximum Gasteiger partial charge on any atom is 0.243 e. The zero-order chi connectivity index (χ0) is 17.7. The van der Waals surface area contributed by atoms with Gasteiger partial charge in [0.15, 0.2) is 5.96 Å². The first-order valence-corrected chi connectivity index (χ1v) is 9.65. The van der Waals surface area contributed by atoms with Gasteiger partial charge in [0.2, 0.25) is 10.0 Å². The van der Waals surface area contributed by atoms with E-state index in [0.29, 0.717) is 11.9 Å². The van der Waals surface area contributed by atoms with Crippen molar-refractivity contribution in [1.29, 1.82) is 0 Å². The second-order valence-corrected chi connectivity index (χ2v) is 8.05. The number of aliphatic imine (C=N–C) groups is 1. The largest absolute Gasteiger partial charge is 0.370 e. The minimum atomic E-state index is -3.95. The highest BCUT2D eigenvalue weighted by molar-refractivity contribution is 7.89. The number of nitrogens with one attached hydrogen (secondary N) is 1. The topological polar surface area (TPSA) is 87.8 Å². The zero-order valence-corrected chi connectivity index (χ0v) is 15.1. The normalized spacial score (nSPS) is 17.3. The molecule has 1 aliphatic rings. The molecular weight excluding hydrogens is 355 g/mol. The maximum atomic E-state index is 13.7. The van der Waals surface area contributed by atoms with Crippen LogP contribution in [0.15, 0.2) is 28.1 Å². The number of hydrogen-bond donors (Lipinski definition) is 2. The van der Waals surface area contributed by atoms with Crippen molar-refractivity contribution < 1.29 is 12.8 Å². The molecule has 0 atom stereocenters. The maximum absolute atomic E-state index is 13.7. The first-order valence-electron chi connectivity index (χ1n) is 7.79. The van der Waals surface area contributed by atoms with E-state index in [9.17, 15) is 12.8 Å². The van der Waals surface area contributed by atoms with E-state index in [1.54, 1.807) is 0 Å². The van der Waals surface area contributed by atoms with Crippen LogP contribution in [0, 0.1) is 11.7 Å². The SMILES string of the molecule is CC1CCN(C(N)=NCCNS(=O)(=O)c2ccc(Cl)cc2F)CC1. The lowest BCUT2D eigenvalue weighted by molar-refractivity contribution is 0.277. The summed E-state index contributed by atoms with van der Waals surface area (Å²) in [4.78, 5) is 5.74. The molecule has 0 bridgehead atoms. The number of benzene rings is 1. The van der Waals surface area contributed by atoms with Crippen molar-refractivity contribution in [1.82, 2.24) is 9.62 Å². The van der Waals surface area contributed by atoms with Gasteiger partial charge in [0.1, 0.15) is 10.7 Å². The minimum Gasteiger partial charge on any atom is -0.370 e. The summed E-state index contributed by atoms with van der Waals surface area (Å²) in [5.74, 6) is 0.217. The molecule has 3 N–H and O–H groups in total. The standard InChI is InChI=1S/C15H22ClFN4O2S/c1-11-4-8-21(9-5-11)15(18)19-6-7-20-24(22,23)14-3-2-12(16)10-13(14)17/h2-3,10-11,20H,4-9H2,1H3,(H2,18,19). The van der Waals surface area contributed by atoms with Crippen LogP contribution in [0.25, 0.3) is 0 Å². The molecule has 0 aromatic heterocycles. The number of halogens is 2. The van der Waals surface area contributed by atoms with E-state index in [0.717, 1.165) is 38.1 Å². The summed E-state index contributed by atoms with van der Waals surface area (Å²) in [6, 6.07) is 3.42. The van der Waals surface area contributed by atoms with Crippen molar-refractivity contribution >= 4 is 27.6 Å². The van der Waals surface area contributed by atoms with Gasteiger partial charge in [-0.1, -0.05) is 18.5 Å². The molecule has 134 valence electrons. The van der Waals surface area contributed by atoms with E-state index < -0.39 is 20.7 Å². The van der Waals surface area contributed by atoms with Gasteiger partial charge in [-0.3, -0.25) is 4.99 Å². The van der Waals surface area contributed by atoms with Gasteiger partial charge in [-0.05, 0) is 37.0 Å². The number of guanidine groups is 1. The third kappa shape index (κ3) is 5.06. The second-order valence-electron chi connectivity index (χ2n) is 5.88. The van der Waals surface area contributed by atoms with Crippen LogP contribution in [0.2, 0.25) is 5.02 Å². The van der Waals surface area contributed by atoms with Gasteiger partial charge in [0.25, 0.3) is 0 Å². The predicted molar refractivity (Wildman–Crippen MR) is 93.1 cm³/mol. The van der Waals surface area contributed by atoms with Gasteiger partial charge in [0.05, 0.1) is 6.54 Å². The van der Waals surface area contributed by atoms with Crippen molar-refractivity contribution in [3.63, 3.8) is 0 Å². The number of rotatable bonds is 5. The van der Waals surface area contributed by atoms with E-state index in [1.165, 1.54) is 6.07 Å². The summed E-state index contributed by atoms with van der Waals surface area (Å²) in [5, 5.41) is 0.139. The molecule has 1 fully saturated rings. The van der Waals surface area contributed by atoms with E-state index in [1.807, 2.05) is 4.90 Å². The summed E-state index contributed by atoms with van der Waals surface area (Å²) in [7, 11) is -3.95. The van der Waals surface area contributed by atoms with Gasteiger partial charge >= 0.3 is 0 Å². The molecule has 1 aliphatic heterocycles. The third-order valence-corrected chi connectivity index (χ3v) is 5.70. The van der Waals surface area contributed by atoms with Crippen LogP contribution >= 0.6 is 11.6 Å². The minimum absolute atomic E-state index is 0.0370. The highest BCUT2D eigenvalue weighted by Gasteiger charge is 2.19. The summed E-state index contributed by atoms with van der Waals surface area (Å²) in [5.41, 5.74) is 5.92. The van der Waals surface area contributed by atoms with Gasteiger partial charge < -0.3 is 10.6 Å². The molecule has 24 heavy (non-hydrogen) atoms. The lowest BCUT2D eigenvalue weighted by atomic mass is 10.00. The van der Waals surface area contributed by atoms with Crippen molar-refractivity contribution in [2.24, 2.45) is 16.6 Å². The molecule has 6 nitrogen and oxygen atoms in total. The molecule has 9 heteroatoms. The number of nitrogens with zero attached hydrogens (tertiary/aromatic N) is 2. The Morgan fingerprint density at radius 1 is 1.46 bits per heavy atom. The van der Waals surface area contributed by atoms with Crippen molar-refractivity contribution in [3.8, 4) is 0 Å². The Labute approximate surface area is 146 Å². The van der Waals surface area contributed by atoms with Crippen LogP contribution in [0.3, 0.4) is 0 Å². The molecule has 0 aliphatic carbocycles. The third-order valence-electron chi connectivity index (χ3n) is 3.97. The van der Waals surface area contributed by atoms with Crippen LogP contribution in [0.4, 0.5) is 4.39 Å². The molecule has 1 heterocycles. The highest BCUT2D eigenvalue weighted by Crippen LogP contribution is 2.18. The summed E-state index contributed by atoms with van der Waals surface area (Å²) < 4.78 is 40.1. The van der Waals surface area contributed by atoms with Gasteiger partial charge in [0, 0.05) is 24.7 Å². The van der Waals surface area contributed by atoms with E-state index in [4.69, 9.17) is 17.3 Å². The Bertz CT molecular complexity index is 703. The molecule has 0 radical (unpaired) electrons. The molecule has 0 unspecified atom stereocenters. The van der Waals surface area contributed by atoms with Crippen LogP contribution in [0.1, 0.15) is 19.8 Å². The van der Waals surface area contributed by atoms with Gasteiger partial charge in [-0.25, -0.2) is 17.5 Å². The smallest absolute Gasteiger partial charge is 0.243 e. The van der Waals surface area contributed by atoms with Gasteiger partial charge in [-0.15, -0.1) is 0 Å². The fourth-order valence-corrected chi connectivity index (χ4v) is 3.70. The van der Waals surface area contributed by atoms with Crippen LogP contribution in [-0.4, -0.2) is 45.5 Å². The zero-order valence-electron chi connectivity index (χ0n) is 13.5. The van der Waals surface area contributed by atoms with Crippen LogP contribution in [0.5, 0.6) is 0 Å². The first-order chi connectivity index (χ1) is 11.3. The molecule has 2 rings (SSSR count). The van der Waals surface area contributed by atoms with Crippen molar-refractivity contribution in [2.45, 2.75) is 24.7 Å². The number of hydrogen-bond acceptors (Lipinski definition) is 3. The Kier molecular flexibility index (Phi) is 6.42. The molecule has 1 aromatic carbocycles. The first kappa shape index (κ1) is 19.0. The lowest BCUT2D eigenvalue weighted by Crippen LogP contribution is -2.42. The fourth-order valence-electron chi connectivity index (χ4n) is 2.46. The number of likely N-dealkylation sites (tertiary alicyclic amines) is 1. The van der Waals surface area contributed by atoms with Gasteiger partial charge in [-0.2, -0.15) is 0 Å². The number of sulfonamides is 1. The lowest BCUT2D eigenvalue weighted by Gasteiger charge is -2.31. The Morgan fingerprint density at radius 2 is 2.12 bits per heavy atom. The summed E-state index contributed by atoms with van der Waals surface area (Å²) >= 11 is 5.62. The number of piperidine rings is 1. The molecule has 0 spiro atoms. The molecule has 0 saturated carbocycles. The Balaban J connectivity index is 1.87. The van der Waals surface area contributed by atoms with E-state index in [2.05, 4.69) is 16.6 Å². The average molecular weight is 377 g/mol. The molecule has 1 aromatic rings. The van der Waals surface area contributed by atoms with Crippen LogP contribution in [-0.2, 0) is 10.0 Å². The predicted octanol–water partition coefficient (Wildman–Crippen LogP) is 1.80. The fraction of sp³-hybridized carbons (Fsp3) is 0.533. The van der Waals surface area contributed by atoms with E-state index >= 15 is 0 Å². The number of nitrogens with two attached hydrogens (primary N) is 1. The summed E-state index contributed by atoms with van der Waals surface area (Å²) in [6.07, 6.45) is 2.14. The second kappa shape index (κ2) is 8.13. The van der Waals surface area contributed by atoms with E-state index in [-0.39, 0.29) is 18.1 Å². The quantitative estimate of drug-likeness (QED) is 0.466. The molecule has 1 saturated heterocycles. The Hall–Kier alpha value is -1.38. The molecule has 0 amide bonds. The average Bonchev–Trinajstić information content (AvgIpc) is 2.51. The van der Waals surface area contributed by atoms with Crippen molar-refractivity contribution in [2.75, 3.05) is 26.2 Å². The molecular formula is C15H22ClFN4O2S. The highest BCUT2D eigenvalue weighted by atomic mass is 35.5. The summed E-state index contributed by atoms with van der Waals surface area (Å²) in [6.45, 7) is 4.15. The Morgan fingerprint density at radius 3 is 2.75 bits per heavy atom. The monoisotopic (exact) mass is 376 g/mol. The van der Waals surface area contributed by atoms with Crippen LogP contribution < -0.4 is 10.5 Å².